The predicted octanol–water partition coefficient (Wildman–Crippen LogP) is 2.19. The van der Waals surface area contributed by atoms with Crippen molar-refractivity contribution in [1.29, 1.82) is 0 Å². The zero-order valence-electron chi connectivity index (χ0n) is 12.6. The van der Waals surface area contributed by atoms with E-state index in [2.05, 4.69) is 29.5 Å². The molecule has 0 aliphatic carbocycles. The average Bonchev–Trinajstić information content (AvgIpc) is 2.47. The molecular weight excluding hydrogens is 250 g/mol. The van der Waals surface area contributed by atoms with Crippen LogP contribution in [-0.4, -0.2) is 44.0 Å². The summed E-state index contributed by atoms with van der Waals surface area (Å²) >= 11 is 0. The van der Waals surface area contributed by atoms with Crippen molar-refractivity contribution in [3.8, 4) is 0 Å². The first-order chi connectivity index (χ1) is 9.60. The normalized spacial score (nSPS) is 21.2. The molecule has 2 rings (SSSR count). The summed E-state index contributed by atoms with van der Waals surface area (Å²) < 4.78 is 0. The fourth-order valence-corrected chi connectivity index (χ4v) is 2.86. The van der Waals surface area contributed by atoms with Crippen molar-refractivity contribution >= 4 is 11.6 Å². The van der Waals surface area contributed by atoms with Gasteiger partial charge in [-0.3, -0.25) is 4.79 Å². The molecule has 0 spiro atoms. The van der Waals surface area contributed by atoms with Crippen molar-refractivity contribution in [3.63, 3.8) is 0 Å². The molecule has 1 fully saturated rings. The molecule has 0 saturated carbocycles. The SMILES string of the molecule is CNC(=O)c1ccc(NC(C)C2CCCN(C)C2)cc1. The molecule has 4 heteroatoms. The van der Waals surface area contributed by atoms with E-state index in [1.807, 2.05) is 24.3 Å². The van der Waals surface area contributed by atoms with Gasteiger partial charge in [0.25, 0.3) is 5.91 Å². The Morgan fingerprint density at radius 2 is 2.05 bits per heavy atom. The highest BCUT2D eigenvalue weighted by atomic mass is 16.1. The minimum Gasteiger partial charge on any atom is -0.382 e. The molecule has 110 valence electrons. The number of piperidine rings is 1. The monoisotopic (exact) mass is 275 g/mol. The number of hydrogen-bond donors (Lipinski definition) is 2. The number of anilines is 1. The molecule has 0 radical (unpaired) electrons. The van der Waals surface area contributed by atoms with E-state index in [0.29, 0.717) is 17.5 Å². The molecule has 1 saturated heterocycles. The lowest BCUT2D eigenvalue weighted by Gasteiger charge is -2.34. The van der Waals surface area contributed by atoms with Crippen LogP contribution in [0.2, 0.25) is 0 Å². The van der Waals surface area contributed by atoms with Gasteiger partial charge in [-0.15, -0.1) is 0 Å². The first-order valence-electron chi connectivity index (χ1n) is 7.37. The average molecular weight is 275 g/mol. The molecular formula is C16H25N3O. The molecule has 1 aliphatic heterocycles. The summed E-state index contributed by atoms with van der Waals surface area (Å²) in [5.41, 5.74) is 1.78. The third-order valence-electron chi connectivity index (χ3n) is 4.14. The molecule has 0 aromatic heterocycles. The molecule has 2 N–H and O–H groups in total. The summed E-state index contributed by atoms with van der Waals surface area (Å²) in [6.45, 7) is 4.62. The number of benzene rings is 1. The van der Waals surface area contributed by atoms with Crippen LogP contribution in [0.3, 0.4) is 0 Å². The Morgan fingerprint density at radius 1 is 1.35 bits per heavy atom. The van der Waals surface area contributed by atoms with E-state index in [1.54, 1.807) is 7.05 Å². The minimum absolute atomic E-state index is 0.0431. The lowest BCUT2D eigenvalue weighted by Crippen LogP contribution is -2.39. The van der Waals surface area contributed by atoms with Crippen LogP contribution in [0.1, 0.15) is 30.1 Å². The molecule has 2 unspecified atom stereocenters. The fraction of sp³-hybridized carbons (Fsp3) is 0.562. The van der Waals surface area contributed by atoms with Crippen LogP contribution < -0.4 is 10.6 Å². The van der Waals surface area contributed by atoms with Crippen LogP contribution in [0, 0.1) is 5.92 Å². The van der Waals surface area contributed by atoms with Gasteiger partial charge in [0.1, 0.15) is 0 Å². The van der Waals surface area contributed by atoms with Gasteiger partial charge < -0.3 is 15.5 Å². The molecule has 4 nitrogen and oxygen atoms in total. The highest BCUT2D eigenvalue weighted by Gasteiger charge is 2.22. The number of carbonyl (C=O) groups is 1. The number of nitrogens with one attached hydrogen (secondary N) is 2. The zero-order valence-corrected chi connectivity index (χ0v) is 12.6. The Kier molecular flexibility index (Phi) is 5.01. The van der Waals surface area contributed by atoms with Crippen molar-refractivity contribution in [3.05, 3.63) is 29.8 Å². The number of amides is 1. The first kappa shape index (κ1) is 14.9. The summed E-state index contributed by atoms with van der Waals surface area (Å²) in [6, 6.07) is 8.13. The van der Waals surface area contributed by atoms with Crippen LogP contribution in [0.4, 0.5) is 5.69 Å². The standard InChI is InChI=1S/C16H25N3O/c1-12(14-5-4-10-19(3)11-14)18-15-8-6-13(7-9-15)16(20)17-2/h6-9,12,14,18H,4-5,10-11H2,1-3H3,(H,17,20). The van der Waals surface area contributed by atoms with Gasteiger partial charge in [-0.2, -0.15) is 0 Å². The van der Waals surface area contributed by atoms with Crippen molar-refractivity contribution in [2.75, 3.05) is 32.5 Å². The Labute approximate surface area is 121 Å². The lowest BCUT2D eigenvalue weighted by atomic mass is 9.91. The van der Waals surface area contributed by atoms with Gasteiger partial charge in [0.15, 0.2) is 0 Å². The van der Waals surface area contributed by atoms with E-state index < -0.39 is 0 Å². The van der Waals surface area contributed by atoms with Gasteiger partial charge in [-0.1, -0.05) is 0 Å². The summed E-state index contributed by atoms with van der Waals surface area (Å²) in [5.74, 6) is 0.644. The molecule has 0 bridgehead atoms. The summed E-state index contributed by atoms with van der Waals surface area (Å²) in [6.07, 6.45) is 2.57. The van der Waals surface area contributed by atoms with Gasteiger partial charge in [-0.25, -0.2) is 0 Å². The molecule has 1 amide bonds. The number of carbonyl (C=O) groups excluding carboxylic acids is 1. The Balaban J connectivity index is 1.93. The zero-order chi connectivity index (χ0) is 14.5. The van der Waals surface area contributed by atoms with Gasteiger partial charge in [0.2, 0.25) is 0 Å². The van der Waals surface area contributed by atoms with Crippen LogP contribution in [-0.2, 0) is 0 Å². The van der Waals surface area contributed by atoms with Gasteiger partial charge >= 0.3 is 0 Å². The second kappa shape index (κ2) is 6.75. The van der Waals surface area contributed by atoms with E-state index in [1.165, 1.54) is 19.4 Å². The van der Waals surface area contributed by atoms with Crippen molar-refractivity contribution in [1.82, 2.24) is 10.2 Å². The third-order valence-corrected chi connectivity index (χ3v) is 4.14. The Morgan fingerprint density at radius 3 is 2.65 bits per heavy atom. The quantitative estimate of drug-likeness (QED) is 0.885. The highest BCUT2D eigenvalue weighted by Crippen LogP contribution is 2.21. The van der Waals surface area contributed by atoms with E-state index in [9.17, 15) is 4.79 Å². The Hall–Kier alpha value is -1.55. The van der Waals surface area contributed by atoms with Crippen molar-refractivity contribution in [2.45, 2.75) is 25.8 Å². The number of rotatable bonds is 4. The minimum atomic E-state index is -0.0431. The maximum absolute atomic E-state index is 11.5. The van der Waals surface area contributed by atoms with E-state index in [4.69, 9.17) is 0 Å². The topological polar surface area (TPSA) is 44.4 Å². The van der Waals surface area contributed by atoms with Crippen molar-refractivity contribution in [2.24, 2.45) is 5.92 Å². The Bertz CT molecular complexity index is 444. The van der Waals surface area contributed by atoms with E-state index in [0.717, 1.165) is 12.2 Å². The van der Waals surface area contributed by atoms with Crippen LogP contribution in [0.15, 0.2) is 24.3 Å². The maximum atomic E-state index is 11.5. The molecule has 1 heterocycles. The van der Waals surface area contributed by atoms with Gasteiger partial charge in [0.05, 0.1) is 0 Å². The third kappa shape index (κ3) is 3.73. The second-order valence-electron chi connectivity index (χ2n) is 5.75. The first-order valence-corrected chi connectivity index (χ1v) is 7.37. The molecule has 2 atom stereocenters. The van der Waals surface area contributed by atoms with Crippen LogP contribution in [0.5, 0.6) is 0 Å². The number of nitrogens with zero attached hydrogens (tertiary/aromatic N) is 1. The van der Waals surface area contributed by atoms with E-state index in [-0.39, 0.29) is 5.91 Å². The highest BCUT2D eigenvalue weighted by molar-refractivity contribution is 5.94. The van der Waals surface area contributed by atoms with Gasteiger partial charge in [0, 0.05) is 30.9 Å². The van der Waals surface area contributed by atoms with Crippen LogP contribution >= 0.6 is 0 Å². The number of likely N-dealkylation sites (tertiary alicyclic amines) is 1. The maximum Gasteiger partial charge on any atom is 0.251 e. The van der Waals surface area contributed by atoms with Crippen molar-refractivity contribution < 1.29 is 4.79 Å². The van der Waals surface area contributed by atoms with E-state index >= 15 is 0 Å². The largest absolute Gasteiger partial charge is 0.382 e. The summed E-state index contributed by atoms with van der Waals surface area (Å²) in [4.78, 5) is 13.9. The molecule has 20 heavy (non-hydrogen) atoms. The smallest absolute Gasteiger partial charge is 0.251 e. The lowest BCUT2D eigenvalue weighted by molar-refractivity contribution is 0.0963. The molecule has 1 aromatic rings. The molecule has 1 aromatic carbocycles. The molecule has 1 aliphatic rings. The van der Waals surface area contributed by atoms with Crippen LogP contribution in [0.25, 0.3) is 0 Å². The van der Waals surface area contributed by atoms with Gasteiger partial charge in [-0.05, 0) is 63.5 Å². The summed E-state index contributed by atoms with van der Waals surface area (Å²) in [5, 5.41) is 6.19. The fourth-order valence-electron chi connectivity index (χ4n) is 2.86. The summed E-state index contributed by atoms with van der Waals surface area (Å²) in [7, 11) is 3.84. The second-order valence-corrected chi connectivity index (χ2v) is 5.75. The number of hydrogen-bond acceptors (Lipinski definition) is 3. The predicted molar refractivity (Wildman–Crippen MR) is 83.1 cm³/mol.